The molecule has 0 spiro atoms. The zero-order valence-corrected chi connectivity index (χ0v) is 8.10. The number of nitrogens with one attached hydrogen (secondary N) is 1. The van der Waals surface area contributed by atoms with Gasteiger partial charge < -0.3 is 10.4 Å². The van der Waals surface area contributed by atoms with E-state index in [1.165, 1.54) is 18.7 Å². The Hall–Kier alpha value is -0.970. The highest BCUT2D eigenvalue weighted by atomic mass is 32.2. The Labute approximate surface area is 75.8 Å². The van der Waals surface area contributed by atoms with Crippen LogP contribution in [0, 0.1) is 0 Å². The summed E-state index contributed by atoms with van der Waals surface area (Å²) in [7, 11) is 1.58. The van der Waals surface area contributed by atoms with Gasteiger partial charge in [-0.3, -0.25) is 9.79 Å². The fourth-order valence-corrected chi connectivity index (χ4v) is 0.915. The van der Waals surface area contributed by atoms with Crippen molar-refractivity contribution >= 4 is 22.8 Å². The summed E-state index contributed by atoms with van der Waals surface area (Å²) in [5, 5.41) is 11.7. The summed E-state index contributed by atoms with van der Waals surface area (Å²) >= 11 is 1.33. The molecule has 0 unspecified atom stereocenters. The third kappa shape index (κ3) is 4.79. The van der Waals surface area contributed by atoms with Crippen molar-refractivity contribution in [3.63, 3.8) is 0 Å². The van der Waals surface area contributed by atoms with Crippen molar-refractivity contribution in [2.45, 2.75) is 6.92 Å². The van der Waals surface area contributed by atoms with Crippen LogP contribution in [0.5, 0.6) is 0 Å². The standard InChI is InChI=1S/C7H12N2O2S/c1-5(10)4-6(11)9-7(8-2)12-3/h4,10H,1-3H3,(H,8,9,11)/b5-4-. The number of aliphatic hydroxyl groups excluding tert-OH is 1. The summed E-state index contributed by atoms with van der Waals surface area (Å²) in [6.45, 7) is 1.43. The maximum Gasteiger partial charge on any atom is 0.253 e. The van der Waals surface area contributed by atoms with Gasteiger partial charge in [0.25, 0.3) is 5.91 Å². The van der Waals surface area contributed by atoms with Crippen LogP contribution in [-0.2, 0) is 4.79 Å². The molecule has 0 aromatic heterocycles. The summed E-state index contributed by atoms with van der Waals surface area (Å²) < 4.78 is 0. The molecule has 0 rings (SSSR count). The van der Waals surface area contributed by atoms with Crippen LogP contribution >= 0.6 is 11.8 Å². The summed E-state index contributed by atoms with van der Waals surface area (Å²) in [5.74, 6) is -0.394. The Kier molecular flexibility index (Phi) is 5.19. The molecule has 0 saturated heterocycles. The van der Waals surface area contributed by atoms with Gasteiger partial charge in [-0.2, -0.15) is 0 Å². The van der Waals surface area contributed by atoms with Crippen molar-refractivity contribution < 1.29 is 9.90 Å². The first-order valence-electron chi connectivity index (χ1n) is 3.29. The van der Waals surface area contributed by atoms with Gasteiger partial charge in [0.05, 0.1) is 5.76 Å². The number of rotatable bonds is 1. The number of hydrogen-bond acceptors (Lipinski definition) is 4. The molecule has 4 nitrogen and oxygen atoms in total. The van der Waals surface area contributed by atoms with E-state index >= 15 is 0 Å². The fourth-order valence-electron chi connectivity index (χ4n) is 0.529. The van der Waals surface area contributed by atoms with Crippen LogP contribution in [0.15, 0.2) is 16.8 Å². The number of hydrogen-bond donors (Lipinski definition) is 2. The maximum atomic E-state index is 10.9. The highest BCUT2D eigenvalue weighted by molar-refractivity contribution is 8.13. The van der Waals surface area contributed by atoms with Crippen molar-refractivity contribution in [3.05, 3.63) is 11.8 Å². The molecule has 0 aliphatic heterocycles. The SMILES string of the molecule is CN=C(NC(=O)/C=C(/C)O)SC. The molecular weight excluding hydrogens is 176 g/mol. The number of aliphatic hydroxyl groups is 1. The van der Waals surface area contributed by atoms with Crippen molar-refractivity contribution in [1.82, 2.24) is 5.32 Å². The molecule has 68 valence electrons. The molecule has 2 N–H and O–H groups in total. The fraction of sp³-hybridized carbons (Fsp3) is 0.429. The van der Waals surface area contributed by atoms with Gasteiger partial charge in [0.2, 0.25) is 0 Å². The van der Waals surface area contributed by atoms with Gasteiger partial charge in [-0.15, -0.1) is 0 Å². The topological polar surface area (TPSA) is 61.7 Å². The van der Waals surface area contributed by atoms with E-state index in [0.29, 0.717) is 5.17 Å². The minimum atomic E-state index is -0.370. The van der Waals surface area contributed by atoms with E-state index in [1.54, 1.807) is 13.3 Å². The monoisotopic (exact) mass is 188 g/mol. The average Bonchev–Trinajstić information content (AvgIpc) is 1.98. The van der Waals surface area contributed by atoms with E-state index in [0.717, 1.165) is 6.08 Å². The van der Waals surface area contributed by atoms with E-state index < -0.39 is 0 Å². The maximum absolute atomic E-state index is 10.9. The van der Waals surface area contributed by atoms with Crippen molar-refractivity contribution in [2.75, 3.05) is 13.3 Å². The second-order valence-corrected chi connectivity index (χ2v) is 2.80. The van der Waals surface area contributed by atoms with Crippen LogP contribution in [0.1, 0.15) is 6.92 Å². The predicted octanol–water partition coefficient (Wildman–Crippen LogP) is 0.913. The van der Waals surface area contributed by atoms with Gasteiger partial charge in [0.1, 0.15) is 0 Å². The van der Waals surface area contributed by atoms with Crippen LogP contribution in [-0.4, -0.2) is 29.5 Å². The summed E-state index contributed by atoms with van der Waals surface area (Å²) in [6, 6.07) is 0. The van der Waals surface area contributed by atoms with E-state index in [9.17, 15) is 4.79 Å². The van der Waals surface area contributed by atoms with Gasteiger partial charge in [0.15, 0.2) is 5.17 Å². The zero-order valence-electron chi connectivity index (χ0n) is 7.29. The number of carbonyl (C=O) groups excluding carboxylic acids is 1. The average molecular weight is 188 g/mol. The van der Waals surface area contributed by atoms with Crippen LogP contribution in [0.3, 0.4) is 0 Å². The highest BCUT2D eigenvalue weighted by Gasteiger charge is 2.00. The molecule has 0 aromatic carbocycles. The van der Waals surface area contributed by atoms with Crippen LogP contribution in [0.2, 0.25) is 0 Å². The lowest BCUT2D eigenvalue weighted by molar-refractivity contribution is -0.115. The molecule has 0 saturated carbocycles. The molecule has 0 aromatic rings. The summed E-state index contributed by atoms with van der Waals surface area (Å²) in [6.07, 6.45) is 2.90. The third-order valence-electron chi connectivity index (χ3n) is 0.967. The molecule has 0 fully saturated rings. The molecule has 0 bridgehead atoms. The smallest absolute Gasteiger partial charge is 0.253 e. The quantitative estimate of drug-likeness (QED) is 0.278. The number of aliphatic imine (C=N–C) groups is 1. The van der Waals surface area contributed by atoms with Crippen molar-refractivity contribution in [3.8, 4) is 0 Å². The van der Waals surface area contributed by atoms with E-state index in [1.807, 2.05) is 0 Å². The Morgan fingerprint density at radius 3 is 2.58 bits per heavy atom. The van der Waals surface area contributed by atoms with Crippen LogP contribution in [0.25, 0.3) is 0 Å². The number of thioether (sulfide) groups is 1. The Morgan fingerprint density at radius 1 is 1.67 bits per heavy atom. The Bertz CT molecular complexity index is 219. The van der Waals surface area contributed by atoms with E-state index in [4.69, 9.17) is 5.11 Å². The molecule has 0 aliphatic carbocycles. The number of amides is 1. The van der Waals surface area contributed by atoms with Crippen LogP contribution in [0.4, 0.5) is 0 Å². The third-order valence-corrected chi connectivity index (χ3v) is 1.64. The predicted molar refractivity (Wildman–Crippen MR) is 51.4 cm³/mol. The minimum absolute atomic E-state index is 0.0240. The van der Waals surface area contributed by atoms with Gasteiger partial charge in [0, 0.05) is 13.1 Å². The van der Waals surface area contributed by atoms with Gasteiger partial charge in [-0.25, -0.2) is 0 Å². The molecule has 1 amide bonds. The second-order valence-electron chi connectivity index (χ2n) is 2.01. The van der Waals surface area contributed by atoms with Gasteiger partial charge >= 0.3 is 0 Å². The summed E-state index contributed by atoms with van der Waals surface area (Å²) in [4.78, 5) is 14.7. The van der Waals surface area contributed by atoms with Crippen LogP contribution < -0.4 is 5.32 Å². The van der Waals surface area contributed by atoms with E-state index in [2.05, 4.69) is 10.3 Å². The van der Waals surface area contributed by atoms with E-state index in [-0.39, 0.29) is 11.7 Å². The van der Waals surface area contributed by atoms with Crippen molar-refractivity contribution in [2.24, 2.45) is 4.99 Å². The Balaban J connectivity index is 4.10. The Morgan fingerprint density at radius 2 is 2.25 bits per heavy atom. The largest absolute Gasteiger partial charge is 0.512 e. The number of allylic oxidation sites excluding steroid dienone is 1. The summed E-state index contributed by atoms with van der Waals surface area (Å²) in [5.41, 5.74) is 0. The molecule has 0 aliphatic rings. The lowest BCUT2D eigenvalue weighted by Crippen LogP contribution is -2.26. The zero-order chi connectivity index (χ0) is 9.56. The molecule has 0 atom stereocenters. The highest BCUT2D eigenvalue weighted by Crippen LogP contribution is 1.94. The number of nitrogens with zero attached hydrogens (tertiary/aromatic N) is 1. The second kappa shape index (κ2) is 5.65. The first-order chi connectivity index (χ1) is 5.60. The molecular formula is C7H12N2O2S. The van der Waals surface area contributed by atoms with Gasteiger partial charge in [-0.1, -0.05) is 11.8 Å². The van der Waals surface area contributed by atoms with Crippen molar-refractivity contribution in [1.29, 1.82) is 0 Å². The lowest BCUT2D eigenvalue weighted by Gasteiger charge is -2.01. The number of amidine groups is 1. The van der Waals surface area contributed by atoms with Gasteiger partial charge in [-0.05, 0) is 13.2 Å². The normalized spacial score (nSPS) is 12.9. The minimum Gasteiger partial charge on any atom is -0.512 e. The first-order valence-corrected chi connectivity index (χ1v) is 4.51. The lowest BCUT2D eigenvalue weighted by atomic mass is 10.4. The molecule has 0 heterocycles. The first kappa shape index (κ1) is 11.0. The molecule has 0 radical (unpaired) electrons. The molecule has 12 heavy (non-hydrogen) atoms. The number of carbonyl (C=O) groups is 1. The molecule has 5 heteroatoms.